The molecule has 0 aromatic heterocycles. The molecule has 1 aliphatic rings. The van der Waals surface area contributed by atoms with Gasteiger partial charge in [0.25, 0.3) is 0 Å². The van der Waals surface area contributed by atoms with Gasteiger partial charge in [0.15, 0.2) is 0 Å². The number of aryl methyl sites for hydroxylation is 1. The third-order valence-corrected chi connectivity index (χ3v) is 2.62. The molecule has 2 rings (SSSR count). The predicted octanol–water partition coefficient (Wildman–Crippen LogP) is 2.45. The van der Waals surface area contributed by atoms with Crippen molar-refractivity contribution in [3.05, 3.63) is 42.4 Å². The van der Waals surface area contributed by atoms with E-state index in [9.17, 15) is 0 Å². The molecule has 0 saturated heterocycles. The normalized spacial score (nSPS) is 21.9. The minimum Gasteiger partial charge on any atom is -0.309 e. The Balaban J connectivity index is 2.37. The molecular formula is C11H14N. The van der Waals surface area contributed by atoms with E-state index in [1.807, 2.05) is 0 Å². The van der Waals surface area contributed by atoms with Crippen molar-refractivity contribution >= 4 is 0 Å². The zero-order chi connectivity index (χ0) is 8.39. The fourth-order valence-electron chi connectivity index (χ4n) is 1.97. The molecule has 1 aromatic rings. The first-order chi connectivity index (χ1) is 5.92. The maximum absolute atomic E-state index is 3.76. The molecule has 0 aliphatic heterocycles. The van der Waals surface area contributed by atoms with Crippen molar-refractivity contribution in [1.82, 2.24) is 5.32 Å². The van der Waals surface area contributed by atoms with Gasteiger partial charge in [-0.2, -0.15) is 0 Å². The van der Waals surface area contributed by atoms with Gasteiger partial charge in [-0.1, -0.05) is 24.3 Å². The van der Waals surface area contributed by atoms with Crippen LogP contribution >= 0.6 is 0 Å². The summed E-state index contributed by atoms with van der Waals surface area (Å²) in [6.45, 7) is 0. The fraction of sp³-hybridized carbons (Fsp3) is 0.364. The average Bonchev–Trinajstić information content (AvgIpc) is 2.17. The summed E-state index contributed by atoms with van der Waals surface area (Å²) < 4.78 is 0. The fourth-order valence-corrected chi connectivity index (χ4v) is 1.97. The summed E-state index contributed by atoms with van der Waals surface area (Å²) in [5, 5.41) is 3.11. The van der Waals surface area contributed by atoms with Gasteiger partial charge < -0.3 is 5.32 Å². The van der Waals surface area contributed by atoms with Crippen molar-refractivity contribution in [2.45, 2.75) is 25.3 Å². The van der Waals surface area contributed by atoms with Gasteiger partial charge in [-0.05, 0) is 30.4 Å². The van der Waals surface area contributed by atoms with Gasteiger partial charge >= 0.3 is 0 Å². The third kappa shape index (κ3) is 1.25. The molecule has 0 bridgehead atoms. The summed E-state index contributed by atoms with van der Waals surface area (Å²) in [6.07, 6.45) is 3.74. The second-order valence-electron chi connectivity index (χ2n) is 3.35. The Kier molecular flexibility index (Phi) is 2.13. The highest BCUT2D eigenvalue weighted by Gasteiger charge is 2.16. The molecule has 12 heavy (non-hydrogen) atoms. The first-order valence-electron chi connectivity index (χ1n) is 4.52. The molecule has 1 atom stereocenters. The van der Waals surface area contributed by atoms with E-state index in [1.165, 1.54) is 30.4 Å². The lowest BCUT2D eigenvalue weighted by Crippen LogP contribution is -2.19. The number of rotatable bonds is 1. The van der Waals surface area contributed by atoms with E-state index in [1.54, 1.807) is 0 Å². The van der Waals surface area contributed by atoms with Gasteiger partial charge in [-0.25, -0.2) is 0 Å². The summed E-state index contributed by atoms with van der Waals surface area (Å²) >= 11 is 0. The quantitative estimate of drug-likeness (QED) is 0.665. The Bertz CT molecular complexity index is 267. The molecular weight excluding hydrogens is 146 g/mol. The summed E-state index contributed by atoms with van der Waals surface area (Å²) in [5.41, 5.74) is 2.93. The monoisotopic (exact) mass is 160 g/mol. The van der Waals surface area contributed by atoms with Crippen LogP contribution in [-0.2, 0) is 6.42 Å². The predicted molar refractivity (Wildman–Crippen MR) is 50.6 cm³/mol. The van der Waals surface area contributed by atoms with Gasteiger partial charge in [-0.3, -0.25) is 0 Å². The topological polar surface area (TPSA) is 12.0 Å². The Morgan fingerprint density at radius 2 is 2.17 bits per heavy atom. The highest BCUT2D eigenvalue weighted by Crippen LogP contribution is 2.28. The molecule has 0 fully saturated rings. The molecule has 1 N–H and O–H groups in total. The molecule has 1 aromatic carbocycles. The molecule has 0 saturated carbocycles. The number of hydrogen-bond acceptors (Lipinski definition) is 1. The lowest BCUT2D eigenvalue weighted by atomic mass is 9.88. The minimum absolute atomic E-state index is 0.481. The van der Waals surface area contributed by atoms with Crippen LogP contribution in [0.25, 0.3) is 0 Å². The van der Waals surface area contributed by atoms with Crippen molar-refractivity contribution in [1.29, 1.82) is 0 Å². The van der Waals surface area contributed by atoms with Gasteiger partial charge in [0, 0.05) is 13.1 Å². The van der Waals surface area contributed by atoms with Gasteiger partial charge in [0.2, 0.25) is 0 Å². The van der Waals surface area contributed by atoms with Crippen LogP contribution in [0.15, 0.2) is 24.3 Å². The first-order valence-corrected chi connectivity index (χ1v) is 4.52. The van der Waals surface area contributed by atoms with Gasteiger partial charge in [0.05, 0.1) is 0 Å². The summed E-state index contributed by atoms with van der Waals surface area (Å²) in [4.78, 5) is 0. The highest BCUT2D eigenvalue weighted by atomic mass is 14.9. The zero-order valence-corrected chi connectivity index (χ0v) is 7.22. The number of fused-ring (bicyclic) bond motifs is 1. The van der Waals surface area contributed by atoms with E-state index in [-0.39, 0.29) is 0 Å². The Hall–Kier alpha value is -0.820. The van der Waals surface area contributed by atoms with Gasteiger partial charge in [0.1, 0.15) is 0 Å². The number of nitrogens with one attached hydrogen (secondary N) is 1. The lowest BCUT2D eigenvalue weighted by Gasteiger charge is -2.24. The Morgan fingerprint density at radius 3 is 3.00 bits per heavy atom. The van der Waals surface area contributed by atoms with E-state index in [0.29, 0.717) is 6.04 Å². The standard InChI is InChI=1S/C11H14N/c1-12-11-8-4-6-9-5-2-3-7-10(9)11/h2-3,5,7,11-12H,1,4,6,8H2. The molecule has 1 aliphatic carbocycles. The Labute approximate surface area is 73.8 Å². The molecule has 1 radical (unpaired) electrons. The molecule has 63 valence electrons. The van der Waals surface area contributed by atoms with E-state index >= 15 is 0 Å². The number of benzene rings is 1. The van der Waals surface area contributed by atoms with Crippen LogP contribution in [0, 0.1) is 7.05 Å². The second kappa shape index (κ2) is 3.28. The van der Waals surface area contributed by atoms with Crippen LogP contribution < -0.4 is 5.32 Å². The van der Waals surface area contributed by atoms with Crippen LogP contribution in [0.3, 0.4) is 0 Å². The molecule has 0 amide bonds. The first kappa shape index (κ1) is 7.81. The molecule has 0 heterocycles. The lowest BCUT2D eigenvalue weighted by molar-refractivity contribution is 0.511. The van der Waals surface area contributed by atoms with Crippen molar-refractivity contribution < 1.29 is 0 Å². The Morgan fingerprint density at radius 1 is 1.33 bits per heavy atom. The SMILES string of the molecule is [CH2]NC1CCCc2ccccc21. The summed E-state index contributed by atoms with van der Waals surface area (Å²) in [7, 11) is 3.76. The van der Waals surface area contributed by atoms with Crippen LogP contribution in [0.1, 0.15) is 30.0 Å². The van der Waals surface area contributed by atoms with E-state index in [2.05, 4.69) is 36.6 Å². The van der Waals surface area contributed by atoms with E-state index in [4.69, 9.17) is 0 Å². The molecule has 1 unspecified atom stereocenters. The maximum atomic E-state index is 3.76. The zero-order valence-electron chi connectivity index (χ0n) is 7.22. The van der Waals surface area contributed by atoms with Crippen LogP contribution in [0.4, 0.5) is 0 Å². The minimum atomic E-state index is 0.481. The van der Waals surface area contributed by atoms with Gasteiger partial charge in [-0.15, -0.1) is 0 Å². The van der Waals surface area contributed by atoms with Crippen LogP contribution in [-0.4, -0.2) is 0 Å². The average molecular weight is 160 g/mol. The van der Waals surface area contributed by atoms with Crippen molar-refractivity contribution in [3.63, 3.8) is 0 Å². The molecule has 1 heteroatoms. The van der Waals surface area contributed by atoms with Crippen molar-refractivity contribution in [2.75, 3.05) is 0 Å². The smallest absolute Gasteiger partial charge is 0.0323 e. The van der Waals surface area contributed by atoms with Crippen molar-refractivity contribution in [3.8, 4) is 0 Å². The van der Waals surface area contributed by atoms with E-state index < -0.39 is 0 Å². The molecule has 1 nitrogen and oxygen atoms in total. The largest absolute Gasteiger partial charge is 0.309 e. The van der Waals surface area contributed by atoms with Crippen LogP contribution in [0.5, 0.6) is 0 Å². The summed E-state index contributed by atoms with van der Waals surface area (Å²) in [6, 6.07) is 9.13. The highest BCUT2D eigenvalue weighted by molar-refractivity contribution is 5.32. The van der Waals surface area contributed by atoms with Crippen LogP contribution in [0.2, 0.25) is 0 Å². The third-order valence-electron chi connectivity index (χ3n) is 2.62. The van der Waals surface area contributed by atoms with E-state index in [0.717, 1.165) is 0 Å². The molecule has 0 spiro atoms. The number of hydrogen-bond donors (Lipinski definition) is 1. The van der Waals surface area contributed by atoms with Crippen molar-refractivity contribution in [2.24, 2.45) is 0 Å². The maximum Gasteiger partial charge on any atom is 0.0323 e. The summed E-state index contributed by atoms with van der Waals surface area (Å²) in [5.74, 6) is 0. The second-order valence-corrected chi connectivity index (χ2v) is 3.35.